The van der Waals surface area contributed by atoms with E-state index in [1.165, 1.54) is 0 Å². The maximum atomic E-state index is 8.62. The van der Waals surface area contributed by atoms with Crippen molar-refractivity contribution in [1.29, 1.82) is 0 Å². The molecule has 0 fully saturated rings. The Balaban J connectivity index is 2.50. The third-order valence-electron chi connectivity index (χ3n) is 2.69. The fourth-order valence-electron chi connectivity index (χ4n) is 1.78. The van der Waals surface area contributed by atoms with Crippen LogP contribution < -0.4 is 5.73 Å². The van der Waals surface area contributed by atoms with Gasteiger partial charge in [-0.05, 0) is 37.6 Å². The van der Waals surface area contributed by atoms with E-state index in [0.717, 1.165) is 17.1 Å². The van der Waals surface area contributed by atoms with Crippen LogP contribution in [0.2, 0.25) is 0 Å². The van der Waals surface area contributed by atoms with Crippen LogP contribution >= 0.6 is 0 Å². The summed E-state index contributed by atoms with van der Waals surface area (Å²) in [5, 5.41) is 11.6. The monoisotopic (exact) mass is 230 g/mol. The Morgan fingerprint density at radius 1 is 1.41 bits per heavy atom. The lowest BCUT2D eigenvalue weighted by Gasteiger charge is -2.10. The van der Waals surface area contributed by atoms with E-state index in [0.29, 0.717) is 5.56 Å². The summed E-state index contributed by atoms with van der Waals surface area (Å²) in [6.07, 6.45) is 3.66. The molecule has 0 unspecified atom stereocenters. The van der Waals surface area contributed by atoms with Crippen molar-refractivity contribution >= 4 is 5.84 Å². The highest BCUT2D eigenvalue weighted by atomic mass is 16.4. The summed E-state index contributed by atoms with van der Waals surface area (Å²) in [6, 6.07) is 5.62. The zero-order valence-electron chi connectivity index (χ0n) is 9.75. The van der Waals surface area contributed by atoms with Gasteiger partial charge >= 0.3 is 0 Å². The number of hydrogen-bond acceptors (Lipinski definition) is 3. The Labute approximate surface area is 99.2 Å². The van der Waals surface area contributed by atoms with Gasteiger partial charge in [-0.1, -0.05) is 5.16 Å². The SMILES string of the molecule is Cc1cc(/C(N)=N/O)ccc1-n1ccnc1C. The fraction of sp³-hybridized carbons (Fsp3) is 0.167. The Morgan fingerprint density at radius 3 is 2.71 bits per heavy atom. The standard InChI is InChI=1S/C12H14N4O/c1-8-7-10(12(13)15-17)3-4-11(8)16-6-5-14-9(16)2/h3-7,17H,1-2H3,(H2,13,15). The first-order chi connectivity index (χ1) is 8.13. The van der Waals surface area contributed by atoms with Crippen molar-refractivity contribution in [1.82, 2.24) is 9.55 Å². The highest BCUT2D eigenvalue weighted by Gasteiger charge is 2.06. The van der Waals surface area contributed by atoms with Crippen molar-refractivity contribution in [3.63, 3.8) is 0 Å². The van der Waals surface area contributed by atoms with E-state index in [2.05, 4.69) is 10.1 Å². The summed E-state index contributed by atoms with van der Waals surface area (Å²) in [6.45, 7) is 3.92. The van der Waals surface area contributed by atoms with Crippen LogP contribution in [0.25, 0.3) is 5.69 Å². The van der Waals surface area contributed by atoms with Gasteiger partial charge in [-0.25, -0.2) is 4.98 Å². The predicted octanol–water partition coefficient (Wildman–Crippen LogP) is 1.58. The molecule has 0 radical (unpaired) electrons. The summed E-state index contributed by atoms with van der Waals surface area (Å²) >= 11 is 0. The van der Waals surface area contributed by atoms with Crippen molar-refractivity contribution in [3.05, 3.63) is 47.5 Å². The van der Waals surface area contributed by atoms with Crippen molar-refractivity contribution in [3.8, 4) is 5.69 Å². The number of oxime groups is 1. The zero-order chi connectivity index (χ0) is 12.4. The molecule has 3 N–H and O–H groups in total. The van der Waals surface area contributed by atoms with Crippen LogP contribution in [0.1, 0.15) is 17.0 Å². The van der Waals surface area contributed by atoms with E-state index in [1.807, 2.05) is 42.8 Å². The molecule has 88 valence electrons. The molecule has 0 amide bonds. The lowest BCUT2D eigenvalue weighted by Crippen LogP contribution is -2.13. The molecule has 0 aliphatic heterocycles. The summed E-state index contributed by atoms with van der Waals surface area (Å²) in [5.41, 5.74) is 8.32. The third-order valence-corrected chi connectivity index (χ3v) is 2.69. The highest BCUT2D eigenvalue weighted by molar-refractivity contribution is 5.97. The summed E-state index contributed by atoms with van der Waals surface area (Å²) < 4.78 is 1.99. The molecule has 0 saturated heterocycles. The summed E-state index contributed by atoms with van der Waals surface area (Å²) in [7, 11) is 0. The molecule has 5 nitrogen and oxygen atoms in total. The third kappa shape index (κ3) is 1.99. The average Bonchev–Trinajstić information content (AvgIpc) is 2.74. The number of amidine groups is 1. The highest BCUT2D eigenvalue weighted by Crippen LogP contribution is 2.17. The van der Waals surface area contributed by atoms with Gasteiger partial charge in [0.1, 0.15) is 5.82 Å². The first-order valence-corrected chi connectivity index (χ1v) is 5.22. The number of benzene rings is 1. The van der Waals surface area contributed by atoms with Crippen LogP contribution in [0.3, 0.4) is 0 Å². The number of aromatic nitrogens is 2. The molecule has 1 aromatic heterocycles. The summed E-state index contributed by atoms with van der Waals surface area (Å²) in [4.78, 5) is 4.18. The lowest BCUT2D eigenvalue weighted by molar-refractivity contribution is 0.318. The quantitative estimate of drug-likeness (QED) is 0.356. The van der Waals surface area contributed by atoms with Crippen molar-refractivity contribution in [2.24, 2.45) is 10.9 Å². The Morgan fingerprint density at radius 2 is 2.18 bits per heavy atom. The maximum absolute atomic E-state index is 8.62. The molecular formula is C12H14N4O. The molecule has 0 aliphatic carbocycles. The van der Waals surface area contributed by atoms with Crippen molar-refractivity contribution in [2.75, 3.05) is 0 Å². The van der Waals surface area contributed by atoms with Crippen molar-refractivity contribution < 1.29 is 5.21 Å². The van der Waals surface area contributed by atoms with E-state index in [4.69, 9.17) is 10.9 Å². The second kappa shape index (κ2) is 4.29. The first kappa shape index (κ1) is 11.2. The molecule has 1 heterocycles. The lowest BCUT2D eigenvalue weighted by atomic mass is 10.1. The van der Waals surface area contributed by atoms with Gasteiger partial charge in [0.05, 0.1) is 0 Å². The van der Waals surface area contributed by atoms with Crippen LogP contribution in [0.4, 0.5) is 0 Å². The van der Waals surface area contributed by atoms with E-state index in [-0.39, 0.29) is 5.84 Å². The normalized spacial score (nSPS) is 11.8. The molecule has 0 atom stereocenters. The van der Waals surface area contributed by atoms with Gasteiger partial charge in [-0.3, -0.25) is 0 Å². The van der Waals surface area contributed by atoms with Crippen LogP contribution in [-0.4, -0.2) is 20.6 Å². The molecular weight excluding hydrogens is 216 g/mol. The predicted molar refractivity (Wildman–Crippen MR) is 65.5 cm³/mol. The Bertz CT molecular complexity index is 572. The van der Waals surface area contributed by atoms with E-state index >= 15 is 0 Å². The topological polar surface area (TPSA) is 76.4 Å². The Kier molecular flexibility index (Phi) is 2.82. The van der Waals surface area contributed by atoms with Gasteiger partial charge in [-0.15, -0.1) is 0 Å². The molecule has 0 aliphatic rings. The number of aryl methyl sites for hydroxylation is 2. The maximum Gasteiger partial charge on any atom is 0.170 e. The van der Waals surface area contributed by atoms with Gasteiger partial charge in [-0.2, -0.15) is 0 Å². The first-order valence-electron chi connectivity index (χ1n) is 5.22. The summed E-state index contributed by atoms with van der Waals surface area (Å²) in [5.74, 6) is 1.03. The number of nitrogens with two attached hydrogens (primary N) is 1. The van der Waals surface area contributed by atoms with Gasteiger partial charge in [0, 0.05) is 23.6 Å². The minimum atomic E-state index is 0.113. The number of nitrogens with zero attached hydrogens (tertiary/aromatic N) is 3. The molecule has 0 bridgehead atoms. The van der Waals surface area contributed by atoms with Crippen LogP contribution in [-0.2, 0) is 0 Å². The molecule has 0 spiro atoms. The van der Waals surface area contributed by atoms with E-state index in [9.17, 15) is 0 Å². The minimum Gasteiger partial charge on any atom is -0.409 e. The van der Waals surface area contributed by atoms with Crippen LogP contribution in [0.15, 0.2) is 35.7 Å². The van der Waals surface area contributed by atoms with Gasteiger partial charge in [0.25, 0.3) is 0 Å². The van der Waals surface area contributed by atoms with Gasteiger partial charge < -0.3 is 15.5 Å². The molecule has 17 heavy (non-hydrogen) atoms. The molecule has 0 saturated carbocycles. The second-order valence-electron chi connectivity index (χ2n) is 3.83. The van der Waals surface area contributed by atoms with Crippen LogP contribution in [0, 0.1) is 13.8 Å². The smallest absolute Gasteiger partial charge is 0.170 e. The fourth-order valence-corrected chi connectivity index (χ4v) is 1.78. The average molecular weight is 230 g/mol. The molecule has 1 aromatic carbocycles. The number of rotatable bonds is 2. The zero-order valence-corrected chi connectivity index (χ0v) is 9.75. The number of hydrogen-bond donors (Lipinski definition) is 2. The van der Waals surface area contributed by atoms with E-state index in [1.54, 1.807) is 6.20 Å². The van der Waals surface area contributed by atoms with Crippen molar-refractivity contribution in [2.45, 2.75) is 13.8 Å². The minimum absolute atomic E-state index is 0.113. The van der Waals surface area contributed by atoms with Gasteiger partial charge in [0.2, 0.25) is 0 Å². The molecule has 5 heteroatoms. The molecule has 2 rings (SSSR count). The Hall–Kier alpha value is -2.30. The molecule has 2 aromatic rings. The van der Waals surface area contributed by atoms with Gasteiger partial charge in [0.15, 0.2) is 5.84 Å². The largest absolute Gasteiger partial charge is 0.409 e. The second-order valence-corrected chi connectivity index (χ2v) is 3.83. The van der Waals surface area contributed by atoms with Crippen LogP contribution in [0.5, 0.6) is 0 Å². The number of imidazole rings is 1. The van der Waals surface area contributed by atoms with E-state index < -0.39 is 0 Å².